The zero-order valence-electron chi connectivity index (χ0n) is 16.8. The van der Waals surface area contributed by atoms with Gasteiger partial charge in [-0.3, -0.25) is 4.57 Å². The first kappa shape index (κ1) is 19.9. The van der Waals surface area contributed by atoms with E-state index in [2.05, 4.69) is 24.6 Å². The van der Waals surface area contributed by atoms with Gasteiger partial charge in [0.25, 0.3) is 0 Å². The standard InChI is InChI=1S/C22H26ClN5O/c1-27(2)15-20-25-26-22(28(20)18-10-8-17(23)9-11-18)16-6-12-19(13-7-16)29-21-5-3-4-14-24-21/h3-5,8-11,14,16,19H,6-7,12-13,15H2,1-2H3. The van der Waals surface area contributed by atoms with Gasteiger partial charge in [0.15, 0.2) is 5.82 Å². The molecule has 0 radical (unpaired) electrons. The third-order valence-corrected chi connectivity index (χ3v) is 5.51. The largest absolute Gasteiger partial charge is 0.474 e. The van der Waals surface area contributed by atoms with Crippen molar-refractivity contribution in [1.29, 1.82) is 0 Å². The Morgan fingerprint density at radius 1 is 1.03 bits per heavy atom. The topological polar surface area (TPSA) is 56.1 Å². The van der Waals surface area contributed by atoms with Gasteiger partial charge in [-0.2, -0.15) is 0 Å². The molecule has 0 saturated heterocycles. The first-order valence-electron chi connectivity index (χ1n) is 10.0. The van der Waals surface area contributed by atoms with E-state index in [1.165, 1.54) is 0 Å². The van der Waals surface area contributed by atoms with Crippen LogP contribution in [0, 0.1) is 0 Å². The predicted octanol–water partition coefficient (Wildman–Crippen LogP) is 4.48. The van der Waals surface area contributed by atoms with Crippen LogP contribution in [-0.4, -0.2) is 44.8 Å². The van der Waals surface area contributed by atoms with Crippen molar-refractivity contribution in [3.05, 3.63) is 65.3 Å². The minimum absolute atomic E-state index is 0.203. The maximum Gasteiger partial charge on any atom is 0.213 e. The molecule has 2 heterocycles. The van der Waals surface area contributed by atoms with E-state index in [1.807, 2.05) is 56.6 Å². The molecular formula is C22H26ClN5O. The molecule has 3 aromatic rings. The van der Waals surface area contributed by atoms with E-state index < -0.39 is 0 Å². The van der Waals surface area contributed by atoms with E-state index in [-0.39, 0.29) is 6.10 Å². The van der Waals surface area contributed by atoms with Crippen molar-refractivity contribution in [2.45, 2.75) is 44.2 Å². The lowest BCUT2D eigenvalue weighted by molar-refractivity contribution is 0.139. The fourth-order valence-corrected chi connectivity index (χ4v) is 4.00. The van der Waals surface area contributed by atoms with Gasteiger partial charge in [0.2, 0.25) is 5.88 Å². The maximum absolute atomic E-state index is 6.10. The molecule has 6 nitrogen and oxygen atoms in total. The molecule has 0 atom stereocenters. The highest BCUT2D eigenvalue weighted by atomic mass is 35.5. The van der Waals surface area contributed by atoms with Gasteiger partial charge in [-0.05, 0) is 70.1 Å². The molecule has 0 amide bonds. The van der Waals surface area contributed by atoms with E-state index in [0.717, 1.165) is 54.6 Å². The highest BCUT2D eigenvalue weighted by molar-refractivity contribution is 6.30. The molecule has 7 heteroatoms. The molecule has 0 N–H and O–H groups in total. The summed E-state index contributed by atoms with van der Waals surface area (Å²) in [5.41, 5.74) is 1.05. The summed E-state index contributed by atoms with van der Waals surface area (Å²) in [6.45, 7) is 0.730. The van der Waals surface area contributed by atoms with E-state index in [9.17, 15) is 0 Å². The fraction of sp³-hybridized carbons (Fsp3) is 0.409. The molecule has 2 aromatic heterocycles. The van der Waals surface area contributed by atoms with Crippen LogP contribution in [0.3, 0.4) is 0 Å². The number of rotatable bonds is 6. The van der Waals surface area contributed by atoms with Crippen molar-refractivity contribution in [3.63, 3.8) is 0 Å². The lowest BCUT2D eigenvalue weighted by Crippen LogP contribution is -2.25. The predicted molar refractivity (Wildman–Crippen MR) is 114 cm³/mol. The van der Waals surface area contributed by atoms with Crippen molar-refractivity contribution < 1.29 is 4.74 Å². The summed E-state index contributed by atoms with van der Waals surface area (Å²) in [6, 6.07) is 13.7. The molecular weight excluding hydrogens is 386 g/mol. The van der Waals surface area contributed by atoms with Gasteiger partial charge in [-0.25, -0.2) is 4.98 Å². The summed E-state index contributed by atoms with van der Waals surface area (Å²) in [6.07, 6.45) is 5.97. The van der Waals surface area contributed by atoms with Crippen LogP contribution in [-0.2, 0) is 6.54 Å². The molecule has 1 aliphatic carbocycles. The molecule has 0 aliphatic heterocycles. The third kappa shape index (κ3) is 4.77. The second-order valence-electron chi connectivity index (χ2n) is 7.78. The van der Waals surface area contributed by atoms with Crippen LogP contribution in [0.2, 0.25) is 5.02 Å². The summed E-state index contributed by atoms with van der Waals surface area (Å²) in [5, 5.41) is 9.84. The van der Waals surface area contributed by atoms with Crippen LogP contribution >= 0.6 is 11.6 Å². The first-order valence-corrected chi connectivity index (χ1v) is 10.4. The second kappa shape index (κ2) is 8.93. The molecule has 0 spiro atoms. The number of aromatic nitrogens is 4. The number of halogens is 1. The monoisotopic (exact) mass is 411 g/mol. The minimum atomic E-state index is 0.203. The van der Waals surface area contributed by atoms with Crippen molar-refractivity contribution in [1.82, 2.24) is 24.6 Å². The van der Waals surface area contributed by atoms with Crippen LogP contribution < -0.4 is 4.74 Å². The lowest BCUT2D eigenvalue weighted by Gasteiger charge is -2.28. The molecule has 1 fully saturated rings. The molecule has 1 aromatic carbocycles. The van der Waals surface area contributed by atoms with Gasteiger partial charge in [-0.1, -0.05) is 17.7 Å². The Hall–Kier alpha value is -2.44. The van der Waals surface area contributed by atoms with Crippen LogP contribution in [0.15, 0.2) is 48.7 Å². The molecule has 0 unspecified atom stereocenters. The van der Waals surface area contributed by atoms with E-state index >= 15 is 0 Å². The number of pyridine rings is 1. The quantitative estimate of drug-likeness (QED) is 0.598. The number of hydrogen-bond acceptors (Lipinski definition) is 5. The summed E-state index contributed by atoms with van der Waals surface area (Å²) < 4.78 is 8.25. The van der Waals surface area contributed by atoms with Gasteiger partial charge >= 0.3 is 0 Å². The van der Waals surface area contributed by atoms with E-state index in [0.29, 0.717) is 11.8 Å². The van der Waals surface area contributed by atoms with Crippen LogP contribution in [0.25, 0.3) is 5.69 Å². The van der Waals surface area contributed by atoms with Gasteiger partial charge < -0.3 is 9.64 Å². The van der Waals surface area contributed by atoms with E-state index in [1.54, 1.807) is 6.20 Å². The molecule has 4 rings (SSSR count). The number of hydrogen-bond donors (Lipinski definition) is 0. The van der Waals surface area contributed by atoms with Gasteiger partial charge in [0.1, 0.15) is 11.9 Å². The molecule has 29 heavy (non-hydrogen) atoms. The smallest absolute Gasteiger partial charge is 0.213 e. The van der Waals surface area contributed by atoms with Crippen molar-refractivity contribution in [3.8, 4) is 11.6 Å². The van der Waals surface area contributed by atoms with Gasteiger partial charge in [0.05, 0.1) is 6.54 Å². The Morgan fingerprint density at radius 2 is 1.79 bits per heavy atom. The van der Waals surface area contributed by atoms with Crippen LogP contribution in [0.4, 0.5) is 0 Å². The van der Waals surface area contributed by atoms with Gasteiger partial charge in [0, 0.05) is 28.9 Å². The average Bonchev–Trinajstić information content (AvgIpc) is 3.13. The lowest BCUT2D eigenvalue weighted by atomic mass is 9.86. The summed E-state index contributed by atoms with van der Waals surface area (Å²) >= 11 is 6.10. The third-order valence-electron chi connectivity index (χ3n) is 5.26. The fourth-order valence-electron chi connectivity index (χ4n) is 3.88. The Kier molecular flexibility index (Phi) is 6.11. The Morgan fingerprint density at radius 3 is 2.45 bits per heavy atom. The first-order chi connectivity index (χ1) is 14.1. The molecule has 0 bridgehead atoms. The van der Waals surface area contributed by atoms with Crippen molar-refractivity contribution >= 4 is 11.6 Å². The second-order valence-corrected chi connectivity index (χ2v) is 8.22. The number of benzene rings is 1. The van der Waals surface area contributed by atoms with Crippen molar-refractivity contribution in [2.24, 2.45) is 0 Å². The zero-order valence-corrected chi connectivity index (χ0v) is 17.6. The normalized spacial score (nSPS) is 19.4. The summed E-state index contributed by atoms with van der Waals surface area (Å²) in [5.74, 6) is 3.03. The summed E-state index contributed by atoms with van der Waals surface area (Å²) in [7, 11) is 4.08. The van der Waals surface area contributed by atoms with Crippen molar-refractivity contribution in [2.75, 3.05) is 14.1 Å². The van der Waals surface area contributed by atoms with Gasteiger partial charge in [-0.15, -0.1) is 10.2 Å². The Bertz CT molecular complexity index is 918. The number of ether oxygens (including phenoxy) is 1. The maximum atomic E-state index is 6.10. The molecule has 1 aliphatic rings. The minimum Gasteiger partial charge on any atom is -0.474 e. The SMILES string of the molecule is CN(C)Cc1nnc(C2CCC(Oc3ccccn3)CC2)n1-c1ccc(Cl)cc1. The van der Waals surface area contributed by atoms with Crippen LogP contribution in [0.1, 0.15) is 43.3 Å². The zero-order chi connectivity index (χ0) is 20.2. The highest BCUT2D eigenvalue weighted by Crippen LogP contribution is 2.35. The highest BCUT2D eigenvalue weighted by Gasteiger charge is 2.29. The Balaban J connectivity index is 1.52. The number of nitrogens with zero attached hydrogens (tertiary/aromatic N) is 5. The molecule has 1 saturated carbocycles. The molecule has 152 valence electrons. The Labute approximate surface area is 176 Å². The average molecular weight is 412 g/mol. The van der Waals surface area contributed by atoms with E-state index in [4.69, 9.17) is 16.3 Å². The summed E-state index contributed by atoms with van der Waals surface area (Å²) in [4.78, 5) is 6.39. The van der Waals surface area contributed by atoms with Crippen LogP contribution in [0.5, 0.6) is 5.88 Å².